The van der Waals surface area contributed by atoms with Crippen LogP contribution >= 0.6 is 11.8 Å². The molecule has 0 saturated carbocycles. The third-order valence-electron chi connectivity index (χ3n) is 6.05. The highest BCUT2D eigenvalue weighted by molar-refractivity contribution is 7.99. The maximum atomic E-state index is 12.6. The van der Waals surface area contributed by atoms with E-state index < -0.39 is 0 Å². The lowest BCUT2D eigenvalue weighted by molar-refractivity contribution is -0.118. The van der Waals surface area contributed by atoms with Crippen molar-refractivity contribution in [3.05, 3.63) is 83.9 Å². The quantitative estimate of drug-likeness (QED) is 0.251. The number of carbonyl (C=O) groups excluding carboxylic acids is 1. The highest BCUT2D eigenvalue weighted by Crippen LogP contribution is 2.28. The van der Waals surface area contributed by atoms with Gasteiger partial charge < -0.3 is 24.1 Å². The first-order chi connectivity index (χ1) is 18.6. The second-order valence-corrected chi connectivity index (χ2v) is 9.44. The molecule has 0 aliphatic carbocycles. The summed E-state index contributed by atoms with van der Waals surface area (Å²) in [6.45, 7) is 1.22. The number of methoxy groups -OCH3 is 3. The van der Waals surface area contributed by atoms with Crippen LogP contribution in [0.25, 0.3) is 11.4 Å². The van der Waals surface area contributed by atoms with Gasteiger partial charge in [-0.15, -0.1) is 10.2 Å². The lowest BCUT2D eigenvalue weighted by Gasteiger charge is -2.11. The van der Waals surface area contributed by atoms with Gasteiger partial charge in [0, 0.05) is 18.7 Å². The van der Waals surface area contributed by atoms with E-state index >= 15 is 0 Å². The van der Waals surface area contributed by atoms with Gasteiger partial charge in [-0.05, 0) is 60.4 Å². The van der Waals surface area contributed by atoms with E-state index in [1.807, 2.05) is 60.7 Å². The molecule has 0 fully saturated rings. The number of amides is 1. The van der Waals surface area contributed by atoms with Crippen LogP contribution in [0.3, 0.4) is 0 Å². The first-order valence-electron chi connectivity index (χ1n) is 12.3. The molecule has 3 aromatic carbocycles. The lowest BCUT2D eigenvalue weighted by Crippen LogP contribution is -2.27. The molecule has 1 N–H and O–H groups in total. The third-order valence-corrected chi connectivity index (χ3v) is 7.01. The fourth-order valence-electron chi connectivity index (χ4n) is 4.00. The van der Waals surface area contributed by atoms with Crippen molar-refractivity contribution in [1.29, 1.82) is 0 Å². The summed E-state index contributed by atoms with van der Waals surface area (Å²) < 4.78 is 18.0. The Morgan fingerprint density at radius 2 is 1.61 bits per heavy atom. The lowest BCUT2D eigenvalue weighted by atomic mass is 10.1. The van der Waals surface area contributed by atoms with Gasteiger partial charge in [0.25, 0.3) is 0 Å². The number of carbonyl (C=O) groups is 1. The Morgan fingerprint density at radius 3 is 2.32 bits per heavy atom. The highest BCUT2D eigenvalue weighted by atomic mass is 32.2. The minimum atomic E-state index is -0.0564. The molecular weight excluding hydrogens is 500 g/mol. The molecule has 0 radical (unpaired) electrons. The molecule has 8 nitrogen and oxygen atoms in total. The maximum Gasteiger partial charge on any atom is 0.230 e. The molecule has 1 amide bonds. The maximum absolute atomic E-state index is 12.6. The van der Waals surface area contributed by atoms with Gasteiger partial charge in [-0.1, -0.05) is 48.2 Å². The van der Waals surface area contributed by atoms with Gasteiger partial charge in [-0.3, -0.25) is 4.79 Å². The fraction of sp³-hybridized carbons (Fsp3) is 0.276. The predicted molar refractivity (Wildman–Crippen MR) is 149 cm³/mol. The number of nitrogens with one attached hydrogen (secondary N) is 1. The first-order valence-corrected chi connectivity index (χ1v) is 13.3. The van der Waals surface area contributed by atoms with Crippen LogP contribution < -0.4 is 19.5 Å². The zero-order valence-electron chi connectivity index (χ0n) is 21.8. The number of thioether (sulfide) groups is 1. The second-order valence-electron chi connectivity index (χ2n) is 8.50. The molecule has 38 heavy (non-hydrogen) atoms. The summed E-state index contributed by atoms with van der Waals surface area (Å²) in [6.07, 6.45) is 1.51. The number of aromatic nitrogens is 3. The van der Waals surface area contributed by atoms with E-state index in [9.17, 15) is 4.79 Å². The molecule has 0 aliphatic heterocycles. The van der Waals surface area contributed by atoms with Crippen LogP contribution in [-0.2, 0) is 24.2 Å². The SMILES string of the molecule is COc1ccc(-c2nnc(SCC(=O)NCCc3ccc(OC)c(OC)c3)n2CCc2ccccc2)cc1. The van der Waals surface area contributed by atoms with Crippen molar-refractivity contribution in [2.45, 2.75) is 24.5 Å². The summed E-state index contributed by atoms with van der Waals surface area (Å²) in [6, 6.07) is 23.8. The van der Waals surface area contributed by atoms with E-state index in [0.717, 1.165) is 29.1 Å². The summed E-state index contributed by atoms with van der Waals surface area (Å²) in [5, 5.41) is 12.6. The van der Waals surface area contributed by atoms with Crippen LogP contribution in [0.4, 0.5) is 0 Å². The van der Waals surface area contributed by atoms with Crippen molar-refractivity contribution in [1.82, 2.24) is 20.1 Å². The average Bonchev–Trinajstić information content (AvgIpc) is 3.38. The topological polar surface area (TPSA) is 87.5 Å². The minimum absolute atomic E-state index is 0.0564. The highest BCUT2D eigenvalue weighted by Gasteiger charge is 2.16. The predicted octanol–water partition coefficient (Wildman–Crippen LogP) is 4.66. The molecule has 4 aromatic rings. The summed E-state index contributed by atoms with van der Waals surface area (Å²) in [5.74, 6) is 3.09. The Hall–Kier alpha value is -3.98. The summed E-state index contributed by atoms with van der Waals surface area (Å²) in [4.78, 5) is 12.6. The Bertz CT molecular complexity index is 1330. The van der Waals surface area contributed by atoms with Crippen molar-refractivity contribution in [2.24, 2.45) is 0 Å². The van der Waals surface area contributed by atoms with E-state index in [1.54, 1.807) is 21.3 Å². The van der Waals surface area contributed by atoms with Gasteiger partial charge >= 0.3 is 0 Å². The van der Waals surface area contributed by atoms with Gasteiger partial charge in [0.15, 0.2) is 22.5 Å². The molecule has 198 valence electrons. The average molecular weight is 533 g/mol. The zero-order valence-corrected chi connectivity index (χ0v) is 22.7. The molecule has 9 heteroatoms. The number of benzene rings is 3. The normalized spacial score (nSPS) is 10.7. The van der Waals surface area contributed by atoms with Crippen LogP contribution in [0.5, 0.6) is 17.2 Å². The molecule has 1 aromatic heterocycles. The molecule has 0 atom stereocenters. The van der Waals surface area contributed by atoms with E-state index in [1.165, 1.54) is 17.3 Å². The number of hydrogen-bond acceptors (Lipinski definition) is 7. The molecule has 0 saturated heterocycles. The van der Waals surface area contributed by atoms with Crippen molar-refractivity contribution < 1.29 is 19.0 Å². The van der Waals surface area contributed by atoms with Crippen LogP contribution in [0.15, 0.2) is 78.0 Å². The van der Waals surface area contributed by atoms with E-state index in [4.69, 9.17) is 14.2 Å². The van der Waals surface area contributed by atoms with Crippen molar-refractivity contribution in [3.63, 3.8) is 0 Å². The number of hydrogen-bond donors (Lipinski definition) is 1. The Labute approximate surface area is 227 Å². The number of ether oxygens (including phenoxy) is 3. The summed E-state index contributed by atoms with van der Waals surface area (Å²) in [7, 11) is 4.86. The van der Waals surface area contributed by atoms with Crippen molar-refractivity contribution in [2.75, 3.05) is 33.6 Å². The summed E-state index contributed by atoms with van der Waals surface area (Å²) in [5.41, 5.74) is 3.23. The Kier molecular flexibility index (Phi) is 9.64. The molecule has 0 spiro atoms. The second kappa shape index (κ2) is 13.5. The largest absolute Gasteiger partial charge is 0.497 e. The molecule has 1 heterocycles. The molecule has 0 bridgehead atoms. The number of aryl methyl sites for hydroxylation is 1. The third kappa shape index (κ3) is 7.07. The van der Waals surface area contributed by atoms with Crippen LogP contribution in [0, 0.1) is 0 Å². The molecule has 4 rings (SSSR count). The van der Waals surface area contributed by atoms with E-state index in [-0.39, 0.29) is 11.7 Å². The van der Waals surface area contributed by atoms with Gasteiger partial charge in [0.2, 0.25) is 5.91 Å². The smallest absolute Gasteiger partial charge is 0.230 e. The van der Waals surface area contributed by atoms with E-state index in [0.29, 0.717) is 36.2 Å². The van der Waals surface area contributed by atoms with Crippen LogP contribution in [0.2, 0.25) is 0 Å². The van der Waals surface area contributed by atoms with Crippen LogP contribution in [-0.4, -0.2) is 54.3 Å². The Balaban J connectivity index is 1.39. The van der Waals surface area contributed by atoms with Crippen molar-refractivity contribution in [3.8, 4) is 28.6 Å². The molecule has 0 unspecified atom stereocenters. The minimum Gasteiger partial charge on any atom is -0.497 e. The molecule has 0 aliphatic rings. The van der Waals surface area contributed by atoms with Gasteiger partial charge in [-0.2, -0.15) is 0 Å². The van der Waals surface area contributed by atoms with Crippen LogP contribution in [0.1, 0.15) is 11.1 Å². The Morgan fingerprint density at radius 1 is 0.842 bits per heavy atom. The van der Waals surface area contributed by atoms with Crippen molar-refractivity contribution >= 4 is 17.7 Å². The van der Waals surface area contributed by atoms with Gasteiger partial charge in [0.1, 0.15) is 5.75 Å². The standard InChI is InChI=1S/C29H32N4O4S/c1-35-24-12-10-23(11-13-24)28-31-32-29(33(28)18-16-21-7-5-4-6-8-21)38-20-27(34)30-17-15-22-9-14-25(36-2)26(19-22)37-3/h4-14,19H,15-18,20H2,1-3H3,(H,30,34). The first kappa shape index (κ1) is 27.1. The monoisotopic (exact) mass is 532 g/mol. The number of nitrogens with zero attached hydrogens (tertiary/aromatic N) is 3. The fourth-order valence-corrected chi connectivity index (χ4v) is 4.79. The van der Waals surface area contributed by atoms with E-state index in [2.05, 4.69) is 32.2 Å². The molecular formula is C29H32N4O4S. The summed E-state index contributed by atoms with van der Waals surface area (Å²) >= 11 is 1.39. The van der Waals surface area contributed by atoms with Gasteiger partial charge in [-0.25, -0.2) is 0 Å². The number of rotatable bonds is 13. The zero-order chi connectivity index (χ0) is 26.7. The van der Waals surface area contributed by atoms with Gasteiger partial charge in [0.05, 0.1) is 27.1 Å².